The maximum atomic E-state index is 12.3. The number of carbonyl (C=O) groups excluding carboxylic acids is 1. The Morgan fingerprint density at radius 2 is 2.09 bits per heavy atom. The van der Waals surface area contributed by atoms with Crippen molar-refractivity contribution in [2.24, 2.45) is 5.92 Å². The Kier molecular flexibility index (Phi) is 4.10. The van der Waals surface area contributed by atoms with Crippen molar-refractivity contribution in [1.82, 2.24) is 15.1 Å². The van der Waals surface area contributed by atoms with E-state index in [1.54, 1.807) is 24.4 Å². The first-order valence-corrected chi connectivity index (χ1v) is 7.51. The van der Waals surface area contributed by atoms with E-state index in [1.807, 2.05) is 6.07 Å². The van der Waals surface area contributed by atoms with Crippen LogP contribution in [0.2, 0.25) is 0 Å². The molecule has 1 fully saturated rings. The summed E-state index contributed by atoms with van der Waals surface area (Å²) in [5, 5.41) is 17.0. The predicted molar refractivity (Wildman–Crippen MR) is 82.9 cm³/mol. The van der Waals surface area contributed by atoms with Gasteiger partial charge in [0.25, 0.3) is 5.56 Å². The summed E-state index contributed by atoms with van der Waals surface area (Å²) in [6, 6.07) is 6.92. The van der Waals surface area contributed by atoms with Crippen LogP contribution in [0.4, 0.5) is 0 Å². The van der Waals surface area contributed by atoms with Gasteiger partial charge in [-0.3, -0.25) is 14.4 Å². The number of rotatable bonds is 4. The van der Waals surface area contributed by atoms with Crippen LogP contribution in [0.15, 0.2) is 35.3 Å². The molecule has 2 atom stereocenters. The van der Waals surface area contributed by atoms with Gasteiger partial charge in [-0.25, -0.2) is 4.68 Å². The molecule has 0 bridgehead atoms. The summed E-state index contributed by atoms with van der Waals surface area (Å²) in [7, 11) is 0. The molecule has 120 valence electrons. The highest BCUT2D eigenvalue weighted by Gasteiger charge is 2.30. The fourth-order valence-corrected chi connectivity index (χ4v) is 2.99. The van der Waals surface area contributed by atoms with Gasteiger partial charge in [-0.15, -0.1) is 0 Å². The standard InChI is InChI=1S/C16H17N3O4/c20-14(18-12-6-5-10(7-12)16(22)23)9-19-15(21)13-4-2-1-3-11(13)8-17-19/h1-4,8,10,12H,5-7,9H2,(H,18,20)(H,22,23)/t10-,12+/m1/s1. The molecular weight excluding hydrogens is 298 g/mol. The highest BCUT2D eigenvalue weighted by Crippen LogP contribution is 2.25. The highest BCUT2D eigenvalue weighted by molar-refractivity contribution is 5.81. The van der Waals surface area contributed by atoms with Crippen molar-refractivity contribution < 1.29 is 14.7 Å². The topological polar surface area (TPSA) is 101 Å². The number of hydrogen-bond donors (Lipinski definition) is 2. The number of hydrogen-bond acceptors (Lipinski definition) is 4. The summed E-state index contributed by atoms with van der Waals surface area (Å²) in [6.07, 6.45) is 3.19. The molecule has 0 spiro atoms. The lowest BCUT2D eigenvalue weighted by Crippen LogP contribution is -2.38. The van der Waals surface area contributed by atoms with Crippen molar-refractivity contribution in [3.63, 3.8) is 0 Å². The zero-order chi connectivity index (χ0) is 16.4. The second-order valence-electron chi connectivity index (χ2n) is 5.81. The monoisotopic (exact) mass is 315 g/mol. The minimum Gasteiger partial charge on any atom is -0.481 e. The number of aromatic nitrogens is 2. The zero-order valence-electron chi connectivity index (χ0n) is 12.4. The average Bonchev–Trinajstić information content (AvgIpc) is 2.99. The van der Waals surface area contributed by atoms with Gasteiger partial charge >= 0.3 is 5.97 Å². The molecule has 0 saturated heterocycles. The number of benzene rings is 1. The molecule has 1 amide bonds. The van der Waals surface area contributed by atoms with Crippen LogP contribution in [0, 0.1) is 5.92 Å². The minimum atomic E-state index is -0.825. The summed E-state index contributed by atoms with van der Waals surface area (Å²) in [5.41, 5.74) is -0.312. The molecule has 0 unspecified atom stereocenters. The normalized spacial score (nSPS) is 20.5. The second-order valence-corrected chi connectivity index (χ2v) is 5.81. The summed E-state index contributed by atoms with van der Waals surface area (Å²) in [5.74, 6) is -1.55. The average molecular weight is 315 g/mol. The molecular formula is C16H17N3O4. The van der Waals surface area contributed by atoms with E-state index in [1.165, 1.54) is 0 Å². The maximum absolute atomic E-state index is 12.3. The van der Waals surface area contributed by atoms with Gasteiger partial charge in [-0.2, -0.15) is 5.10 Å². The van der Waals surface area contributed by atoms with Gasteiger partial charge in [-0.1, -0.05) is 18.2 Å². The molecule has 1 heterocycles. The van der Waals surface area contributed by atoms with Crippen LogP contribution >= 0.6 is 0 Å². The van der Waals surface area contributed by atoms with E-state index >= 15 is 0 Å². The Bertz CT molecular complexity index is 814. The van der Waals surface area contributed by atoms with Crippen LogP contribution in [0.1, 0.15) is 19.3 Å². The van der Waals surface area contributed by atoms with Gasteiger partial charge in [0.2, 0.25) is 5.91 Å². The molecule has 0 radical (unpaired) electrons. The Balaban J connectivity index is 1.68. The number of carboxylic acids is 1. The van der Waals surface area contributed by atoms with Crippen molar-refractivity contribution in [3.8, 4) is 0 Å². The Hall–Kier alpha value is -2.70. The van der Waals surface area contributed by atoms with E-state index in [9.17, 15) is 14.4 Å². The molecule has 1 aliphatic carbocycles. The summed E-state index contributed by atoms with van der Waals surface area (Å²) < 4.78 is 1.13. The molecule has 7 nitrogen and oxygen atoms in total. The smallest absolute Gasteiger partial charge is 0.306 e. The van der Waals surface area contributed by atoms with Gasteiger partial charge in [0.1, 0.15) is 6.54 Å². The van der Waals surface area contributed by atoms with E-state index in [-0.39, 0.29) is 24.1 Å². The van der Waals surface area contributed by atoms with Crippen molar-refractivity contribution in [1.29, 1.82) is 0 Å². The molecule has 1 saturated carbocycles. The Morgan fingerprint density at radius 1 is 1.30 bits per heavy atom. The van der Waals surface area contributed by atoms with Gasteiger partial charge in [0.05, 0.1) is 17.5 Å². The Labute approximate surface area is 131 Å². The quantitative estimate of drug-likeness (QED) is 0.867. The van der Waals surface area contributed by atoms with E-state index in [4.69, 9.17) is 5.11 Å². The lowest BCUT2D eigenvalue weighted by Gasteiger charge is -2.13. The first-order valence-electron chi connectivity index (χ1n) is 7.51. The number of nitrogens with one attached hydrogen (secondary N) is 1. The molecule has 1 aromatic carbocycles. The van der Waals surface area contributed by atoms with Crippen molar-refractivity contribution in [2.45, 2.75) is 31.8 Å². The number of carbonyl (C=O) groups is 2. The molecule has 1 aliphatic rings. The number of fused-ring (bicyclic) bond motifs is 1. The third-order valence-corrected chi connectivity index (χ3v) is 4.20. The molecule has 0 aliphatic heterocycles. The third-order valence-electron chi connectivity index (χ3n) is 4.20. The SMILES string of the molecule is O=C(Cn1ncc2ccccc2c1=O)N[C@H]1CC[C@@H](C(=O)O)C1. The number of carboxylic acid groups (broad SMARTS) is 1. The summed E-state index contributed by atoms with van der Waals surface area (Å²) in [6.45, 7) is -0.169. The van der Waals surface area contributed by atoms with E-state index in [0.717, 1.165) is 10.1 Å². The molecule has 1 aromatic heterocycles. The van der Waals surface area contributed by atoms with E-state index in [2.05, 4.69) is 10.4 Å². The number of amides is 1. The first kappa shape index (κ1) is 15.2. The van der Waals surface area contributed by atoms with Gasteiger partial charge in [-0.05, 0) is 25.3 Å². The fraction of sp³-hybridized carbons (Fsp3) is 0.375. The van der Waals surface area contributed by atoms with Gasteiger partial charge < -0.3 is 10.4 Å². The van der Waals surface area contributed by atoms with Gasteiger partial charge in [0, 0.05) is 11.4 Å². The zero-order valence-corrected chi connectivity index (χ0v) is 12.4. The fourth-order valence-electron chi connectivity index (χ4n) is 2.99. The molecule has 2 N–H and O–H groups in total. The second kappa shape index (κ2) is 6.20. The van der Waals surface area contributed by atoms with Gasteiger partial charge in [0.15, 0.2) is 0 Å². The van der Waals surface area contributed by atoms with Crippen LogP contribution in [0.5, 0.6) is 0 Å². The lowest BCUT2D eigenvalue weighted by molar-refractivity contribution is -0.141. The number of aliphatic carboxylic acids is 1. The van der Waals surface area contributed by atoms with Crippen LogP contribution in [-0.4, -0.2) is 32.8 Å². The summed E-state index contributed by atoms with van der Waals surface area (Å²) >= 11 is 0. The number of nitrogens with zero attached hydrogens (tertiary/aromatic N) is 2. The van der Waals surface area contributed by atoms with E-state index in [0.29, 0.717) is 24.6 Å². The predicted octanol–water partition coefficient (Wildman–Crippen LogP) is 0.766. The first-order chi connectivity index (χ1) is 11.0. The molecule has 23 heavy (non-hydrogen) atoms. The van der Waals surface area contributed by atoms with E-state index < -0.39 is 11.9 Å². The van der Waals surface area contributed by atoms with Crippen LogP contribution in [-0.2, 0) is 16.1 Å². The third kappa shape index (κ3) is 3.23. The minimum absolute atomic E-state index is 0.153. The molecule has 7 heteroatoms. The Morgan fingerprint density at radius 3 is 2.83 bits per heavy atom. The van der Waals surface area contributed by atoms with Crippen molar-refractivity contribution in [2.75, 3.05) is 0 Å². The van der Waals surface area contributed by atoms with Crippen LogP contribution in [0.3, 0.4) is 0 Å². The highest BCUT2D eigenvalue weighted by atomic mass is 16.4. The van der Waals surface area contributed by atoms with Crippen molar-refractivity contribution in [3.05, 3.63) is 40.8 Å². The molecule has 2 aromatic rings. The van der Waals surface area contributed by atoms with Crippen LogP contribution in [0.25, 0.3) is 10.8 Å². The van der Waals surface area contributed by atoms with Crippen LogP contribution < -0.4 is 10.9 Å². The maximum Gasteiger partial charge on any atom is 0.306 e. The largest absolute Gasteiger partial charge is 0.481 e. The summed E-state index contributed by atoms with van der Waals surface area (Å²) in [4.78, 5) is 35.3. The lowest BCUT2D eigenvalue weighted by atomic mass is 10.1. The van der Waals surface area contributed by atoms with Crippen molar-refractivity contribution >= 4 is 22.6 Å². The molecule has 3 rings (SSSR count).